The van der Waals surface area contributed by atoms with Gasteiger partial charge in [0.2, 0.25) is 0 Å². The van der Waals surface area contributed by atoms with Gasteiger partial charge in [0.15, 0.2) is 10.8 Å². The Morgan fingerprint density at radius 2 is 2.29 bits per heavy atom. The van der Waals surface area contributed by atoms with Gasteiger partial charge >= 0.3 is 0 Å². The largest absolute Gasteiger partial charge is 0.392 e. The average molecular weight is 260 g/mol. The van der Waals surface area contributed by atoms with Gasteiger partial charge < -0.3 is 15.4 Å². The Bertz CT molecular complexity index is 491. The summed E-state index contributed by atoms with van der Waals surface area (Å²) in [7, 11) is -2.08. The number of nitrogens with zero attached hydrogens (tertiary/aromatic N) is 3. The summed E-state index contributed by atoms with van der Waals surface area (Å²) in [4.78, 5) is 3.77. The second kappa shape index (κ2) is 4.28. The van der Waals surface area contributed by atoms with E-state index in [1.54, 1.807) is 7.05 Å². The van der Waals surface area contributed by atoms with E-state index in [4.69, 9.17) is 5.73 Å². The minimum Gasteiger partial charge on any atom is -0.392 e. The monoisotopic (exact) mass is 260 g/mol. The molecule has 8 heteroatoms. The molecule has 1 aliphatic heterocycles. The molecule has 1 aromatic rings. The predicted octanol–water partition coefficient (Wildman–Crippen LogP) is -0.852. The maximum atomic E-state index is 12.3. The number of nitrogens with two attached hydrogens (primary N) is 1. The molecule has 3 N–H and O–H groups in total. The molecule has 0 saturated carbocycles. The van der Waals surface area contributed by atoms with Gasteiger partial charge in [-0.2, -0.15) is 4.31 Å². The van der Waals surface area contributed by atoms with Crippen molar-refractivity contribution in [2.24, 2.45) is 7.05 Å². The van der Waals surface area contributed by atoms with Crippen molar-refractivity contribution in [2.75, 3.05) is 18.8 Å². The van der Waals surface area contributed by atoms with E-state index >= 15 is 0 Å². The van der Waals surface area contributed by atoms with E-state index in [9.17, 15) is 13.5 Å². The van der Waals surface area contributed by atoms with Crippen molar-refractivity contribution in [2.45, 2.75) is 24.0 Å². The third-order valence-corrected chi connectivity index (χ3v) is 4.85. The fourth-order valence-electron chi connectivity index (χ4n) is 2.01. The summed E-state index contributed by atoms with van der Waals surface area (Å²) in [6.07, 6.45) is 2.04. The molecule has 17 heavy (non-hydrogen) atoms. The first-order valence-electron chi connectivity index (χ1n) is 5.38. The highest BCUT2D eigenvalue weighted by atomic mass is 32.2. The minimum absolute atomic E-state index is 0.00689. The number of aliphatic hydroxyl groups excluding tert-OH is 1. The molecule has 0 aromatic carbocycles. The third-order valence-electron chi connectivity index (χ3n) is 2.85. The van der Waals surface area contributed by atoms with Crippen molar-refractivity contribution in [3.63, 3.8) is 0 Å². The van der Waals surface area contributed by atoms with E-state index in [0.29, 0.717) is 19.4 Å². The van der Waals surface area contributed by atoms with Gasteiger partial charge in [0.25, 0.3) is 10.0 Å². The molecule has 2 heterocycles. The van der Waals surface area contributed by atoms with Crippen LogP contribution in [0.2, 0.25) is 0 Å². The number of hydrogen-bond donors (Lipinski definition) is 2. The Balaban J connectivity index is 2.36. The molecule has 1 atom stereocenters. The number of sulfonamides is 1. The zero-order valence-electron chi connectivity index (χ0n) is 9.57. The summed E-state index contributed by atoms with van der Waals surface area (Å²) in [5.74, 6) is -0.00689. The van der Waals surface area contributed by atoms with Crippen LogP contribution < -0.4 is 5.73 Å². The quantitative estimate of drug-likeness (QED) is 0.721. The zero-order valence-corrected chi connectivity index (χ0v) is 10.4. The minimum atomic E-state index is -3.66. The Kier molecular flexibility index (Phi) is 3.11. The lowest BCUT2D eigenvalue weighted by atomic mass is 10.1. The van der Waals surface area contributed by atoms with Gasteiger partial charge in [-0.3, -0.25) is 0 Å². The summed E-state index contributed by atoms with van der Waals surface area (Å²) >= 11 is 0. The summed E-state index contributed by atoms with van der Waals surface area (Å²) in [6.45, 7) is 0.525. The highest BCUT2D eigenvalue weighted by molar-refractivity contribution is 7.89. The van der Waals surface area contributed by atoms with E-state index in [1.807, 2.05) is 0 Å². The molecule has 2 rings (SSSR count). The first-order chi connectivity index (χ1) is 7.93. The number of aryl methyl sites for hydroxylation is 1. The maximum Gasteiger partial charge on any atom is 0.262 e. The number of hydrogen-bond acceptors (Lipinski definition) is 5. The second-order valence-corrected chi connectivity index (χ2v) is 6.06. The van der Waals surface area contributed by atoms with Crippen molar-refractivity contribution >= 4 is 15.8 Å². The fraction of sp³-hybridized carbons (Fsp3) is 0.667. The standard InChI is InChI=1S/C9H16N4O3S/c1-12-6-11-8(10)9(12)17(15,16)13-4-2-3-7(14)5-13/h6-7,14H,2-5,10H2,1H3/t7-/m0/s1. The lowest BCUT2D eigenvalue weighted by Gasteiger charge is -2.29. The van der Waals surface area contributed by atoms with Crippen LogP contribution in [-0.4, -0.2) is 46.6 Å². The highest BCUT2D eigenvalue weighted by Gasteiger charge is 2.33. The molecule has 96 valence electrons. The van der Waals surface area contributed by atoms with Gasteiger partial charge in [-0.25, -0.2) is 13.4 Å². The van der Waals surface area contributed by atoms with Crippen molar-refractivity contribution in [1.82, 2.24) is 13.9 Å². The number of piperidine rings is 1. The van der Waals surface area contributed by atoms with E-state index in [0.717, 1.165) is 0 Å². The normalized spacial score (nSPS) is 22.8. The molecule has 0 amide bonds. The SMILES string of the molecule is Cn1cnc(N)c1S(=O)(=O)N1CCC[C@H](O)C1. The van der Waals surface area contributed by atoms with Gasteiger partial charge in [0.05, 0.1) is 12.4 Å². The number of nitrogen functional groups attached to an aromatic ring is 1. The second-order valence-electron chi connectivity index (χ2n) is 4.20. The van der Waals surface area contributed by atoms with Gasteiger partial charge in [-0.05, 0) is 12.8 Å². The smallest absolute Gasteiger partial charge is 0.262 e. The van der Waals surface area contributed by atoms with Crippen LogP contribution in [0.15, 0.2) is 11.4 Å². The average Bonchev–Trinajstić information content (AvgIpc) is 2.59. The van der Waals surface area contributed by atoms with Gasteiger partial charge in [0.1, 0.15) is 0 Å². The lowest BCUT2D eigenvalue weighted by Crippen LogP contribution is -2.42. The topological polar surface area (TPSA) is 101 Å². The Morgan fingerprint density at radius 1 is 1.59 bits per heavy atom. The van der Waals surface area contributed by atoms with Crippen molar-refractivity contribution in [1.29, 1.82) is 0 Å². The van der Waals surface area contributed by atoms with Crippen molar-refractivity contribution in [3.05, 3.63) is 6.33 Å². The van der Waals surface area contributed by atoms with Crippen LogP contribution in [0.5, 0.6) is 0 Å². The van der Waals surface area contributed by atoms with E-state index < -0.39 is 16.1 Å². The third kappa shape index (κ3) is 2.15. The Hall–Kier alpha value is -1.12. The number of rotatable bonds is 2. The van der Waals surface area contributed by atoms with Crippen LogP contribution in [0.25, 0.3) is 0 Å². The number of anilines is 1. The zero-order chi connectivity index (χ0) is 12.6. The lowest BCUT2D eigenvalue weighted by molar-refractivity contribution is 0.108. The van der Waals surface area contributed by atoms with Gasteiger partial charge in [-0.1, -0.05) is 0 Å². The molecule has 1 aliphatic rings. The van der Waals surface area contributed by atoms with Gasteiger partial charge in [-0.15, -0.1) is 0 Å². The first-order valence-corrected chi connectivity index (χ1v) is 6.82. The summed E-state index contributed by atoms with van der Waals surface area (Å²) in [5, 5.41) is 9.51. The molecule has 0 aliphatic carbocycles. The van der Waals surface area contributed by atoms with Crippen LogP contribution >= 0.6 is 0 Å². The molecule has 7 nitrogen and oxygen atoms in total. The number of aliphatic hydroxyl groups is 1. The number of imidazole rings is 1. The fourth-order valence-corrected chi connectivity index (χ4v) is 3.72. The van der Waals surface area contributed by atoms with Crippen LogP contribution in [-0.2, 0) is 17.1 Å². The highest BCUT2D eigenvalue weighted by Crippen LogP contribution is 2.23. The van der Waals surface area contributed by atoms with Crippen LogP contribution in [0.1, 0.15) is 12.8 Å². The van der Waals surface area contributed by atoms with Crippen molar-refractivity contribution in [3.8, 4) is 0 Å². The molecular formula is C9H16N4O3S. The summed E-state index contributed by atoms with van der Waals surface area (Å²) in [6, 6.07) is 0. The van der Waals surface area contributed by atoms with E-state index in [2.05, 4.69) is 4.98 Å². The molecule has 1 saturated heterocycles. The van der Waals surface area contributed by atoms with Crippen LogP contribution in [0, 0.1) is 0 Å². The molecule has 0 bridgehead atoms. The van der Waals surface area contributed by atoms with Crippen LogP contribution in [0.3, 0.4) is 0 Å². The maximum absolute atomic E-state index is 12.3. The summed E-state index contributed by atoms with van der Waals surface area (Å²) < 4.78 is 27.3. The Morgan fingerprint density at radius 3 is 2.82 bits per heavy atom. The van der Waals surface area contributed by atoms with Crippen LogP contribution in [0.4, 0.5) is 5.82 Å². The number of aromatic nitrogens is 2. The molecular weight excluding hydrogens is 244 g/mol. The molecule has 0 unspecified atom stereocenters. The Labute approximate surface area is 99.9 Å². The molecule has 0 spiro atoms. The molecule has 1 aromatic heterocycles. The van der Waals surface area contributed by atoms with E-state index in [-0.39, 0.29) is 17.4 Å². The first kappa shape index (κ1) is 12.3. The van der Waals surface area contributed by atoms with E-state index in [1.165, 1.54) is 15.2 Å². The van der Waals surface area contributed by atoms with Crippen molar-refractivity contribution < 1.29 is 13.5 Å². The molecule has 1 fully saturated rings. The summed E-state index contributed by atoms with van der Waals surface area (Å²) in [5.41, 5.74) is 5.57. The predicted molar refractivity (Wildman–Crippen MR) is 61.6 cm³/mol. The number of β-amino-alcohol motifs (C(OH)–C–C–N with tert-alkyl or cyclic N) is 1. The molecule has 0 radical (unpaired) electrons. The van der Waals surface area contributed by atoms with Gasteiger partial charge in [0, 0.05) is 20.1 Å².